The van der Waals surface area contributed by atoms with Gasteiger partial charge in [-0.3, -0.25) is 9.59 Å². The Labute approximate surface area is 135 Å². The van der Waals surface area contributed by atoms with Crippen molar-refractivity contribution in [3.63, 3.8) is 0 Å². The molecular formula is C16H21ClN2O3. The molecule has 0 bridgehead atoms. The van der Waals surface area contributed by atoms with Crippen LogP contribution in [0, 0.1) is 12.8 Å². The van der Waals surface area contributed by atoms with Crippen LogP contribution >= 0.6 is 11.6 Å². The van der Waals surface area contributed by atoms with Crippen molar-refractivity contribution >= 4 is 23.4 Å². The highest BCUT2D eigenvalue weighted by Crippen LogP contribution is 2.24. The molecule has 2 N–H and O–H groups in total. The summed E-state index contributed by atoms with van der Waals surface area (Å²) in [5, 5.41) is 0.630. The third kappa shape index (κ3) is 3.91. The predicted molar refractivity (Wildman–Crippen MR) is 84.8 cm³/mol. The number of nitrogens with zero attached hydrogens (tertiary/aromatic N) is 1. The minimum absolute atomic E-state index is 0.0572. The summed E-state index contributed by atoms with van der Waals surface area (Å²) in [5.74, 6) is -0.113. The zero-order valence-corrected chi connectivity index (χ0v) is 13.6. The zero-order valence-electron chi connectivity index (χ0n) is 12.8. The average Bonchev–Trinajstić information content (AvgIpc) is 2.46. The number of ether oxygens (including phenoxy) is 1. The molecule has 0 aliphatic carbocycles. The SMILES string of the molecule is Cc1cc(Cl)ccc1OCC(=O)N1C[C@@H](C(N)=O)CC[C@H]1C. The van der Waals surface area contributed by atoms with E-state index in [9.17, 15) is 9.59 Å². The van der Waals surface area contributed by atoms with Crippen molar-refractivity contribution in [2.75, 3.05) is 13.2 Å². The van der Waals surface area contributed by atoms with E-state index in [1.807, 2.05) is 13.8 Å². The predicted octanol–water partition coefficient (Wildman–Crippen LogP) is 2.14. The second-order valence-electron chi connectivity index (χ2n) is 5.77. The quantitative estimate of drug-likeness (QED) is 0.922. The van der Waals surface area contributed by atoms with E-state index in [0.29, 0.717) is 17.3 Å². The molecule has 0 radical (unpaired) electrons. The van der Waals surface area contributed by atoms with Crippen molar-refractivity contribution < 1.29 is 14.3 Å². The molecule has 6 heteroatoms. The summed E-state index contributed by atoms with van der Waals surface area (Å²) in [6.07, 6.45) is 1.51. The highest BCUT2D eigenvalue weighted by Gasteiger charge is 2.31. The zero-order chi connectivity index (χ0) is 16.3. The van der Waals surface area contributed by atoms with E-state index >= 15 is 0 Å². The van der Waals surface area contributed by atoms with Gasteiger partial charge >= 0.3 is 0 Å². The van der Waals surface area contributed by atoms with E-state index in [1.165, 1.54) is 0 Å². The van der Waals surface area contributed by atoms with Gasteiger partial charge in [-0.1, -0.05) is 11.6 Å². The van der Waals surface area contributed by atoms with Crippen LogP contribution in [0.3, 0.4) is 0 Å². The Morgan fingerprint density at radius 3 is 2.77 bits per heavy atom. The van der Waals surface area contributed by atoms with Crippen LogP contribution in [0.5, 0.6) is 5.75 Å². The first kappa shape index (κ1) is 16.6. The van der Waals surface area contributed by atoms with E-state index in [0.717, 1.165) is 18.4 Å². The van der Waals surface area contributed by atoms with Crippen molar-refractivity contribution in [2.24, 2.45) is 11.7 Å². The summed E-state index contributed by atoms with van der Waals surface area (Å²) in [6, 6.07) is 5.35. The van der Waals surface area contributed by atoms with E-state index in [-0.39, 0.29) is 30.4 Å². The number of aryl methyl sites for hydroxylation is 1. The Hall–Kier alpha value is -1.75. The number of likely N-dealkylation sites (tertiary alicyclic amines) is 1. The van der Waals surface area contributed by atoms with Gasteiger partial charge < -0.3 is 15.4 Å². The molecule has 0 spiro atoms. The standard InChI is InChI=1S/C16H21ClN2O3/c1-10-7-13(17)5-6-14(10)22-9-15(20)19-8-12(16(18)21)4-3-11(19)2/h5-7,11-12H,3-4,8-9H2,1-2H3,(H2,18,21)/t11-,12+/m1/s1. The summed E-state index contributed by atoms with van der Waals surface area (Å²) in [4.78, 5) is 25.4. The molecule has 120 valence electrons. The largest absolute Gasteiger partial charge is 0.483 e. The summed E-state index contributed by atoms with van der Waals surface area (Å²) in [6.45, 7) is 4.16. The molecule has 2 rings (SSSR count). The maximum atomic E-state index is 12.4. The van der Waals surface area contributed by atoms with Crippen LogP contribution in [0.4, 0.5) is 0 Å². The van der Waals surface area contributed by atoms with Gasteiger partial charge in [0.2, 0.25) is 5.91 Å². The molecule has 1 aromatic rings. The van der Waals surface area contributed by atoms with Gasteiger partial charge in [-0.15, -0.1) is 0 Å². The minimum atomic E-state index is -0.348. The molecular weight excluding hydrogens is 304 g/mol. The number of rotatable bonds is 4. The molecule has 22 heavy (non-hydrogen) atoms. The van der Waals surface area contributed by atoms with Crippen LogP contribution in [-0.2, 0) is 9.59 Å². The molecule has 0 saturated carbocycles. The van der Waals surface area contributed by atoms with Gasteiger partial charge in [0.05, 0.1) is 5.92 Å². The lowest BCUT2D eigenvalue weighted by molar-refractivity contribution is -0.139. The molecule has 0 unspecified atom stereocenters. The number of carbonyl (C=O) groups is 2. The van der Waals surface area contributed by atoms with Gasteiger partial charge in [-0.25, -0.2) is 0 Å². The minimum Gasteiger partial charge on any atom is -0.483 e. The first-order valence-electron chi connectivity index (χ1n) is 7.36. The summed E-state index contributed by atoms with van der Waals surface area (Å²) in [7, 11) is 0. The number of nitrogens with two attached hydrogens (primary N) is 1. The van der Waals surface area contributed by atoms with E-state index in [2.05, 4.69) is 0 Å². The van der Waals surface area contributed by atoms with Gasteiger partial charge in [-0.05, 0) is 50.5 Å². The van der Waals surface area contributed by atoms with Gasteiger partial charge in [0.1, 0.15) is 5.75 Å². The smallest absolute Gasteiger partial charge is 0.260 e. The molecule has 1 aliphatic rings. The number of benzene rings is 1. The topological polar surface area (TPSA) is 72.6 Å². The van der Waals surface area contributed by atoms with Crippen molar-refractivity contribution in [3.05, 3.63) is 28.8 Å². The molecule has 2 atom stereocenters. The lowest BCUT2D eigenvalue weighted by atomic mass is 9.93. The highest BCUT2D eigenvalue weighted by molar-refractivity contribution is 6.30. The van der Waals surface area contributed by atoms with Crippen molar-refractivity contribution in [2.45, 2.75) is 32.7 Å². The number of amides is 2. The lowest BCUT2D eigenvalue weighted by Gasteiger charge is -2.36. The van der Waals surface area contributed by atoms with Crippen molar-refractivity contribution in [1.82, 2.24) is 4.90 Å². The second kappa shape index (κ2) is 7.01. The highest BCUT2D eigenvalue weighted by atomic mass is 35.5. The monoisotopic (exact) mass is 324 g/mol. The first-order chi connectivity index (χ1) is 10.4. The fraction of sp³-hybridized carbons (Fsp3) is 0.500. The lowest BCUT2D eigenvalue weighted by Crippen LogP contribution is -2.50. The van der Waals surface area contributed by atoms with E-state index < -0.39 is 0 Å². The molecule has 1 saturated heterocycles. The Balaban J connectivity index is 1.97. The number of hydrogen-bond acceptors (Lipinski definition) is 3. The average molecular weight is 325 g/mol. The molecule has 1 fully saturated rings. The number of hydrogen-bond donors (Lipinski definition) is 1. The van der Waals surface area contributed by atoms with Crippen LogP contribution in [0.15, 0.2) is 18.2 Å². The number of carbonyl (C=O) groups excluding carboxylic acids is 2. The fourth-order valence-electron chi connectivity index (χ4n) is 2.68. The van der Waals surface area contributed by atoms with Crippen molar-refractivity contribution in [3.8, 4) is 5.75 Å². The van der Waals surface area contributed by atoms with Crippen LogP contribution in [0.2, 0.25) is 5.02 Å². The Morgan fingerprint density at radius 2 is 2.14 bits per heavy atom. The Kier molecular flexibility index (Phi) is 5.29. The molecule has 0 aromatic heterocycles. The fourth-order valence-corrected chi connectivity index (χ4v) is 2.91. The Morgan fingerprint density at radius 1 is 1.41 bits per heavy atom. The summed E-state index contributed by atoms with van der Waals surface area (Å²) >= 11 is 5.89. The molecule has 1 aliphatic heterocycles. The third-order valence-electron chi connectivity index (χ3n) is 4.09. The van der Waals surface area contributed by atoms with Crippen molar-refractivity contribution in [1.29, 1.82) is 0 Å². The number of piperidine rings is 1. The summed E-state index contributed by atoms with van der Waals surface area (Å²) in [5.41, 5.74) is 6.23. The third-order valence-corrected chi connectivity index (χ3v) is 4.33. The number of primary amides is 1. The Bertz CT molecular complexity index is 577. The van der Waals surface area contributed by atoms with Crippen LogP contribution in [0.25, 0.3) is 0 Å². The van der Waals surface area contributed by atoms with Gasteiger partial charge in [0.15, 0.2) is 6.61 Å². The molecule has 1 heterocycles. The first-order valence-corrected chi connectivity index (χ1v) is 7.74. The van der Waals surface area contributed by atoms with Crippen LogP contribution < -0.4 is 10.5 Å². The molecule has 2 amide bonds. The van der Waals surface area contributed by atoms with Crippen LogP contribution in [-0.4, -0.2) is 35.9 Å². The van der Waals surface area contributed by atoms with Gasteiger partial charge in [-0.2, -0.15) is 0 Å². The normalized spacial score (nSPS) is 21.5. The second-order valence-corrected chi connectivity index (χ2v) is 6.21. The van der Waals surface area contributed by atoms with Gasteiger partial charge in [0.25, 0.3) is 5.91 Å². The summed E-state index contributed by atoms with van der Waals surface area (Å²) < 4.78 is 5.58. The number of halogens is 1. The maximum absolute atomic E-state index is 12.4. The molecule has 5 nitrogen and oxygen atoms in total. The van der Waals surface area contributed by atoms with E-state index in [1.54, 1.807) is 23.1 Å². The molecule has 1 aromatic carbocycles. The van der Waals surface area contributed by atoms with Gasteiger partial charge in [0, 0.05) is 17.6 Å². The van der Waals surface area contributed by atoms with E-state index in [4.69, 9.17) is 22.1 Å². The maximum Gasteiger partial charge on any atom is 0.260 e. The van der Waals surface area contributed by atoms with Crippen LogP contribution in [0.1, 0.15) is 25.3 Å².